The number of nitrogens with zero attached hydrogens (tertiary/aromatic N) is 1. The Morgan fingerprint density at radius 1 is 1.35 bits per heavy atom. The Bertz CT molecular complexity index is 487. The van der Waals surface area contributed by atoms with Gasteiger partial charge in [-0.2, -0.15) is 0 Å². The summed E-state index contributed by atoms with van der Waals surface area (Å²) in [5.74, 6) is 0. The van der Waals surface area contributed by atoms with Crippen LogP contribution in [0.4, 0.5) is 0 Å². The van der Waals surface area contributed by atoms with Crippen molar-refractivity contribution in [2.45, 2.75) is 45.1 Å². The van der Waals surface area contributed by atoms with Gasteiger partial charge in [0.05, 0.1) is 10.6 Å². The molecular weight excluding hydrogens is 238 g/mol. The summed E-state index contributed by atoms with van der Waals surface area (Å²) < 4.78 is 1.74. The van der Waals surface area contributed by atoms with E-state index in [1.165, 1.54) is 6.42 Å². The molecule has 0 N–H and O–H groups in total. The molecule has 4 heteroatoms. The third-order valence-corrected chi connectivity index (χ3v) is 3.79. The van der Waals surface area contributed by atoms with E-state index in [-0.39, 0.29) is 22.2 Å². The first-order chi connectivity index (χ1) is 8.15. The van der Waals surface area contributed by atoms with Gasteiger partial charge in [0.15, 0.2) is 6.29 Å². The molecule has 1 heterocycles. The average Bonchev–Trinajstić information content (AvgIpc) is 2.30. The molecule has 0 unspecified atom stereocenters. The predicted octanol–water partition coefficient (Wildman–Crippen LogP) is 3.13. The van der Waals surface area contributed by atoms with Gasteiger partial charge in [-0.25, -0.2) is 0 Å². The molecule has 1 saturated carbocycles. The largest absolute Gasteiger partial charge is 0.309 e. The first kappa shape index (κ1) is 12.4. The zero-order valence-corrected chi connectivity index (χ0v) is 10.7. The second-order valence-electron chi connectivity index (χ2n) is 4.63. The highest BCUT2D eigenvalue weighted by Crippen LogP contribution is 2.28. The number of aldehydes is 1. The van der Waals surface area contributed by atoms with Gasteiger partial charge in [-0.1, -0.05) is 30.9 Å². The zero-order chi connectivity index (χ0) is 12.4. The van der Waals surface area contributed by atoms with Crippen LogP contribution in [0.1, 0.15) is 54.2 Å². The number of carbonyl (C=O) groups is 1. The van der Waals surface area contributed by atoms with Crippen LogP contribution in [0.3, 0.4) is 0 Å². The topological polar surface area (TPSA) is 39.1 Å². The quantitative estimate of drug-likeness (QED) is 0.760. The van der Waals surface area contributed by atoms with Crippen LogP contribution in [-0.2, 0) is 0 Å². The molecule has 2 rings (SSSR count). The minimum Gasteiger partial charge on any atom is -0.309 e. The molecule has 1 aliphatic rings. The lowest BCUT2D eigenvalue weighted by molar-refractivity contribution is 0.112. The molecule has 0 spiro atoms. The van der Waals surface area contributed by atoms with Crippen LogP contribution in [0.5, 0.6) is 0 Å². The van der Waals surface area contributed by atoms with Crippen molar-refractivity contribution >= 4 is 17.9 Å². The van der Waals surface area contributed by atoms with Crippen molar-refractivity contribution in [1.29, 1.82) is 0 Å². The van der Waals surface area contributed by atoms with Gasteiger partial charge in [-0.05, 0) is 25.8 Å². The Hall–Kier alpha value is -1.09. The van der Waals surface area contributed by atoms with Crippen LogP contribution in [-0.4, -0.2) is 10.9 Å². The number of hydrogen-bond acceptors (Lipinski definition) is 2. The first-order valence-corrected chi connectivity index (χ1v) is 6.39. The lowest BCUT2D eigenvalue weighted by Crippen LogP contribution is -2.30. The maximum absolute atomic E-state index is 12.2. The molecule has 1 aliphatic carbocycles. The smallest absolute Gasteiger partial charge is 0.263 e. The van der Waals surface area contributed by atoms with E-state index in [4.69, 9.17) is 11.6 Å². The molecule has 17 heavy (non-hydrogen) atoms. The van der Waals surface area contributed by atoms with Crippen molar-refractivity contribution in [3.8, 4) is 0 Å². The number of aryl methyl sites for hydroxylation is 1. The van der Waals surface area contributed by atoms with Gasteiger partial charge >= 0.3 is 0 Å². The van der Waals surface area contributed by atoms with E-state index >= 15 is 0 Å². The first-order valence-electron chi connectivity index (χ1n) is 6.02. The van der Waals surface area contributed by atoms with Crippen LogP contribution in [0.25, 0.3) is 0 Å². The molecule has 0 radical (unpaired) electrons. The standard InChI is InChI=1S/C13H16ClNO2/c1-9-7-12(14)11(8-16)13(17)15(9)10-5-3-2-4-6-10/h7-8,10H,2-6H2,1H3. The summed E-state index contributed by atoms with van der Waals surface area (Å²) in [4.78, 5) is 23.1. The molecule has 0 amide bonds. The highest BCUT2D eigenvalue weighted by atomic mass is 35.5. The van der Waals surface area contributed by atoms with Gasteiger partial charge in [0.1, 0.15) is 0 Å². The van der Waals surface area contributed by atoms with E-state index < -0.39 is 0 Å². The van der Waals surface area contributed by atoms with Crippen molar-refractivity contribution in [3.63, 3.8) is 0 Å². The minimum absolute atomic E-state index is 0.0860. The van der Waals surface area contributed by atoms with Crippen molar-refractivity contribution < 1.29 is 4.79 Å². The third kappa shape index (κ3) is 2.29. The molecule has 0 atom stereocenters. The monoisotopic (exact) mass is 253 g/mol. The lowest BCUT2D eigenvalue weighted by Gasteiger charge is -2.26. The molecule has 1 fully saturated rings. The normalized spacial score (nSPS) is 17.1. The molecule has 3 nitrogen and oxygen atoms in total. The maximum Gasteiger partial charge on any atom is 0.263 e. The van der Waals surface area contributed by atoms with Crippen LogP contribution in [0, 0.1) is 6.92 Å². The number of hydrogen-bond donors (Lipinski definition) is 0. The number of pyridine rings is 1. The SMILES string of the molecule is Cc1cc(Cl)c(C=O)c(=O)n1C1CCCCC1. The summed E-state index contributed by atoms with van der Waals surface area (Å²) in [7, 11) is 0. The summed E-state index contributed by atoms with van der Waals surface area (Å²) in [5, 5.41) is 0.259. The van der Waals surface area contributed by atoms with Gasteiger partial charge in [-0.3, -0.25) is 9.59 Å². The molecule has 1 aromatic heterocycles. The summed E-state index contributed by atoms with van der Waals surface area (Å²) in [5.41, 5.74) is 0.692. The van der Waals surface area contributed by atoms with Gasteiger partial charge < -0.3 is 4.57 Å². The molecule has 0 saturated heterocycles. The highest BCUT2D eigenvalue weighted by molar-refractivity contribution is 6.32. The molecule has 92 valence electrons. The molecule has 0 aromatic carbocycles. The molecule has 0 bridgehead atoms. The van der Waals surface area contributed by atoms with Gasteiger partial charge in [0.25, 0.3) is 5.56 Å². The third-order valence-electron chi connectivity index (χ3n) is 3.48. The minimum atomic E-state index is -0.239. The maximum atomic E-state index is 12.2. The van der Waals surface area contributed by atoms with Gasteiger partial charge in [0, 0.05) is 11.7 Å². The molecule has 1 aromatic rings. The van der Waals surface area contributed by atoms with Crippen molar-refractivity contribution in [2.75, 3.05) is 0 Å². The summed E-state index contributed by atoms with van der Waals surface area (Å²) in [6.45, 7) is 1.87. The number of rotatable bonds is 2. The predicted molar refractivity (Wildman–Crippen MR) is 68.0 cm³/mol. The molecule has 0 aliphatic heterocycles. The Morgan fingerprint density at radius 2 is 2.00 bits per heavy atom. The second-order valence-corrected chi connectivity index (χ2v) is 5.04. The fourth-order valence-electron chi connectivity index (χ4n) is 2.62. The fourth-order valence-corrected chi connectivity index (χ4v) is 2.91. The summed E-state index contributed by atoms with van der Waals surface area (Å²) in [6.07, 6.45) is 6.12. The van der Waals surface area contributed by atoms with Crippen molar-refractivity contribution in [2.24, 2.45) is 0 Å². The summed E-state index contributed by atoms with van der Waals surface area (Å²) in [6, 6.07) is 1.94. The van der Waals surface area contributed by atoms with Crippen molar-refractivity contribution in [3.05, 3.63) is 32.7 Å². The van der Waals surface area contributed by atoms with E-state index in [0.29, 0.717) is 6.29 Å². The second kappa shape index (κ2) is 5.05. The lowest BCUT2D eigenvalue weighted by atomic mass is 9.94. The van der Waals surface area contributed by atoms with Gasteiger partial charge in [-0.15, -0.1) is 0 Å². The van der Waals surface area contributed by atoms with E-state index in [2.05, 4.69) is 0 Å². The van der Waals surface area contributed by atoms with Crippen LogP contribution in [0.2, 0.25) is 5.02 Å². The fraction of sp³-hybridized carbons (Fsp3) is 0.538. The van der Waals surface area contributed by atoms with Crippen molar-refractivity contribution in [1.82, 2.24) is 4.57 Å². The zero-order valence-electron chi connectivity index (χ0n) is 9.91. The van der Waals surface area contributed by atoms with Crippen LogP contribution in [0.15, 0.2) is 10.9 Å². The summed E-state index contributed by atoms with van der Waals surface area (Å²) >= 11 is 5.90. The number of carbonyl (C=O) groups excluding carboxylic acids is 1. The average molecular weight is 254 g/mol. The number of halogens is 1. The van der Waals surface area contributed by atoms with E-state index in [1.54, 1.807) is 10.6 Å². The highest BCUT2D eigenvalue weighted by Gasteiger charge is 2.20. The van der Waals surface area contributed by atoms with E-state index in [0.717, 1.165) is 31.4 Å². The van der Waals surface area contributed by atoms with Gasteiger partial charge in [0.2, 0.25) is 0 Å². The van der Waals surface area contributed by atoms with Crippen LogP contribution < -0.4 is 5.56 Å². The Balaban J connectivity index is 2.52. The number of aromatic nitrogens is 1. The Morgan fingerprint density at radius 3 is 2.59 bits per heavy atom. The van der Waals surface area contributed by atoms with E-state index in [9.17, 15) is 9.59 Å². The Labute approximate surface area is 105 Å². The van der Waals surface area contributed by atoms with E-state index in [1.807, 2.05) is 6.92 Å². The molecular formula is C13H16ClNO2. The Kier molecular flexibility index (Phi) is 3.67. The van der Waals surface area contributed by atoms with Crippen LogP contribution >= 0.6 is 11.6 Å².